The van der Waals surface area contributed by atoms with Gasteiger partial charge >= 0.3 is 6.18 Å². The molecule has 0 aliphatic carbocycles. The van der Waals surface area contributed by atoms with Gasteiger partial charge in [-0.3, -0.25) is 0 Å². The van der Waals surface area contributed by atoms with Gasteiger partial charge in [0.1, 0.15) is 17.4 Å². The number of nitrogens with zero attached hydrogens (tertiary/aromatic N) is 2. The van der Waals surface area contributed by atoms with Crippen LogP contribution in [-0.2, 0) is 6.18 Å². The average molecular weight is 396 g/mol. The fraction of sp³-hybridized carbons (Fsp3) is 0.158. The van der Waals surface area contributed by atoms with Crippen LogP contribution in [-0.4, -0.2) is 17.1 Å². The number of hydrogen-bond acceptors (Lipinski definition) is 4. The number of methoxy groups -OCH3 is 1. The summed E-state index contributed by atoms with van der Waals surface area (Å²) in [5.41, 5.74) is 0.608. The first-order chi connectivity index (χ1) is 12.4. The van der Waals surface area contributed by atoms with E-state index in [-0.39, 0.29) is 18.1 Å². The van der Waals surface area contributed by atoms with Gasteiger partial charge in [-0.25, -0.2) is 9.97 Å². The van der Waals surface area contributed by atoms with E-state index in [1.54, 1.807) is 32.2 Å². The van der Waals surface area contributed by atoms with Crippen molar-refractivity contribution in [1.29, 1.82) is 0 Å². The zero-order valence-corrected chi connectivity index (χ0v) is 15.4. The minimum atomic E-state index is -4.45. The molecule has 0 saturated heterocycles. The Morgan fingerprint density at radius 3 is 2.26 bits per heavy atom. The van der Waals surface area contributed by atoms with Crippen molar-refractivity contribution in [2.75, 3.05) is 12.4 Å². The van der Waals surface area contributed by atoms with Crippen LogP contribution in [0.4, 0.5) is 24.7 Å². The van der Waals surface area contributed by atoms with Crippen LogP contribution in [0.15, 0.2) is 54.6 Å². The van der Waals surface area contributed by atoms with Gasteiger partial charge in [0, 0.05) is 11.6 Å². The monoisotopic (exact) mass is 395 g/mol. The van der Waals surface area contributed by atoms with E-state index in [2.05, 4.69) is 15.3 Å². The summed E-state index contributed by atoms with van der Waals surface area (Å²) in [6, 6.07) is 14.1. The van der Waals surface area contributed by atoms with Crippen LogP contribution < -0.4 is 10.1 Å². The first-order valence-corrected chi connectivity index (χ1v) is 7.80. The third-order valence-electron chi connectivity index (χ3n) is 3.72. The van der Waals surface area contributed by atoms with Crippen molar-refractivity contribution in [3.63, 3.8) is 0 Å². The van der Waals surface area contributed by atoms with E-state index in [4.69, 9.17) is 4.74 Å². The maximum absolute atomic E-state index is 13.2. The number of rotatable bonds is 4. The third kappa shape index (κ3) is 4.89. The average Bonchev–Trinajstić information content (AvgIpc) is 2.61. The number of halogens is 4. The molecule has 3 rings (SSSR count). The lowest BCUT2D eigenvalue weighted by molar-refractivity contribution is -0.136. The summed E-state index contributed by atoms with van der Waals surface area (Å²) in [6.45, 7) is 1.69. The van der Waals surface area contributed by atoms with Gasteiger partial charge in [0.2, 0.25) is 0 Å². The first-order valence-electron chi connectivity index (χ1n) is 7.80. The Hall–Kier alpha value is -2.80. The van der Waals surface area contributed by atoms with Crippen molar-refractivity contribution >= 4 is 23.9 Å². The Morgan fingerprint density at radius 2 is 1.63 bits per heavy atom. The lowest BCUT2D eigenvalue weighted by Gasteiger charge is -2.14. The highest BCUT2D eigenvalue weighted by atomic mass is 35.5. The van der Waals surface area contributed by atoms with Crippen LogP contribution in [0, 0.1) is 6.92 Å². The summed E-state index contributed by atoms with van der Waals surface area (Å²) in [4.78, 5) is 8.56. The topological polar surface area (TPSA) is 47.0 Å². The highest BCUT2D eigenvalue weighted by Gasteiger charge is 2.33. The molecular weight excluding hydrogens is 379 g/mol. The number of anilines is 2. The Labute approximate surface area is 160 Å². The van der Waals surface area contributed by atoms with Gasteiger partial charge in [0.15, 0.2) is 0 Å². The fourth-order valence-electron chi connectivity index (χ4n) is 2.52. The van der Waals surface area contributed by atoms with E-state index in [1.165, 1.54) is 18.2 Å². The molecule has 4 nitrogen and oxygen atoms in total. The third-order valence-corrected chi connectivity index (χ3v) is 3.72. The summed E-state index contributed by atoms with van der Waals surface area (Å²) in [5.74, 6) is 1.45. The highest BCUT2D eigenvalue weighted by molar-refractivity contribution is 5.85. The molecule has 1 heterocycles. The molecule has 0 saturated carbocycles. The highest BCUT2D eigenvalue weighted by Crippen LogP contribution is 2.36. The molecule has 1 N–H and O–H groups in total. The van der Waals surface area contributed by atoms with Crippen molar-refractivity contribution in [2.45, 2.75) is 13.1 Å². The smallest absolute Gasteiger partial charge is 0.418 e. The lowest BCUT2D eigenvalue weighted by Crippen LogP contribution is -2.09. The largest absolute Gasteiger partial charge is 0.497 e. The number of nitrogens with one attached hydrogen (secondary N) is 1. The van der Waals surface area contributed by atoms with Gasteiger partial charge in [-0.15, -0.1) is 12.4 Å². The van der Waals surface area contributed by atoms with E-state index >= 15 is 0 Å². The van der Waals surface area contributed by atoms with Crippen LogP contribution in [0.1, 0.15) is 11.4 Å². The molecule has 0 bridgehead atoms. The van der Waals surface area contributed by atoms with Crippen molar-refractivity contribution < 1.29 is 17.9 Å². The molecule has 142 valence electrons. The molecular formula is C19H17ClF3N3O. The number of ether oxygens (including phenoxy) is 1. The molecule has 0 radical (unpaired) electrons. The number of alkyl halides is 3. The van der Waals surface area contributed by atoms with E-state index in [9.17, 15) is 13.2 Å². The summed E-state index contributed by atoms with van der Waals surface area (Å²) in [6.07, 6.45) is -4.45. The molecule has 0 aliphatic heterocycles. The number of hydrogen-bond donors (Lipinski definition) is 1. The van der Waals surface area contributed by atoms with E-state index in [0.29, 0.717) is 23.1 Å². The standard InChI is InChI=1S/C19H16F3N3O.ClH/c1-12-23-17(13-7-9-14(26-2)10-8-13)11-18(24-12)25-16-6-4-3-5-15(16)19(20,21)22;/h3-11H,1-2H3,(H,23,24,25);1H. The molecule has 27 heavy (non-hydrogen) atoms. The maximum Gasteiger partial charge on any atom is 0.418 e. The first kappa shape index (κ1) is 20.5. The molecule has 3 aromatic rings. The van der Waals surface area contributed by atoms with Crippen LogP contribution in [0.2, 0.25) is 0 Å². The van der Waals surface area contributed by atoms with Gasteiger partial charge in [0.05, 0.1) is 24.1 Å². The molecule has 0 amide bonds. The predicted octanol–water partition coefficient (Wildman–Crippen LogP) is 5.64. The second kappa shape index (κ2) is 8.26. The van der Waals surface area contributed by atoms with E-state index in [0.717, 1.165) is 11.6 Å². The number of para-hydroxylation sites is 1. The SMILES string of the molecule is COc1ccc(-c2cc(Nc3ccccc3C(F)(F)F)nc(C)n2)cc1.Cl. The van der Waals surface area contributed by atoms with E-state index in [1.807, 2.05) is 12.1 Å². The number of aromatic nitrogens is 2. The summed E-state index contributed by atoms with van der Waals surface area (Å²) in [7, 11) is 1.57. The second-order valence-corrected chi connectivity index (χ2v) is 5.58. The molecule has 8 heteroatoms. The molecule has 0 aliphatic rings. The van der Waals surface area contributed by atoms with Crippen LogP contribution in [0.25, 0.3) is 11.3 Å². The minimum Gasteiger partial charge on any atom is -0.497 e. The Balaban J connectivity index is 0.00000261. The summed E-state index contributed by atoms with van der Waals surface area (Å²) < 4.78 is 44.6. The van der Waals surface area contributed by atoms with Gasteiger partial charge < -0.3 is 10.1 Å². The Bertz CT molecular complexity index is 915. The quantitative estimate of drug-likeness (QED) is 0.620. The number of benzene rings is 2. The molecule has 0 spiro atoms. The van der Waals surface area contributed by atoms with E-state index < -0.39 is 11.7 Å². The molecule has 0 unspecified atom stereocenters. The second-order valence-electron chi connectivity index (χ2n) is 5.58. The van der Waals surface area contributed by atoms with Gasteiger partial charge in [-0.2, -0.15) is 13.2 Å². The fourth-order valence-corrected chi connectivity index (χ4v) is 2.52. The molecule has 1 aromatic heterocycles. The normalized spacial score (nSPS) is 10.9. The van der Waals surface area contributed by atoms with Crippen LogP contribution in [0.5, 0.6) is 5.75 Å². The van der Waals surface area contributed by atoms with Gasteiger partial charge in [-0.05, 0) is 43.3 Å². The van der Waals surface area contributed by atoms with Gasteiger partial charge in [-0.1, -0.05) is 12.1 Å². The zero-order chi connectivity index (χ0) is 18.7. The summed E-state index contributed by atoms with van der Waals surface area (Å²) in [5, 5.41) is 2.76. The zero-order valence-electron chi connectivity index (χ0n) is 14.5. The molecule has 0 atom stereocenters. The summed E-state index contributed by atoms with van der Waals surface area (Å²) >= 11 is 0. The van der Waals surface area contributed by atoms with Crippen molar-refractivity contribution in [3.05, 3.63) is 66.0 Å². The molecule has 0 fully saturated rings. The van der Waals surface area contributed by atoms with Crippen LogP contribution >= 0.6 is 12.4 Å². The lowest BCUT2D eigenvalue weighted by atomic mass is 10.1. The number of aryl methyl sites for hydroxylation is 1. The van der Waals surface area contributed by atoms with Gasteiger partial charge in [0.25, 0.3) is 0 Å². The van der Waals surface area contributed by atoms with Crippen LogP contribution in [0.3, 0.4) is 0 Å². The Kier molecular flexibility index (Phi) is 6.28. The predicted molar refractivity (Wildman–Crippen MR) is 101 cm³/mol. The molecule has 2 aromatic carbocycles. The van der Waals surface area contributed by atoms with Crippen molar-refractivity contribution in [1.82, 2.24) is 9.97 Å². The maximum atomic E-state index is 13.2. The Morgan fingerprint density at radius 1 is 0.963 bits per heavy atom. The van der Waals surface area contributed by atoms with Crippen molar-refractivity contribution in [2.24, 2.45) is 0 Å². The van der Waals surface area contributed by atoms with Crippen molar-refractivity contribution in [3.8, 4) is 17.0 Å². The minimum absolute atomic E-state index is 0.